The van der Waals surface area contributed by atoms with E-state index >= 15 is 0 Å². The summed E-state index contributed by atoms with van der Waals surface area (Å²) in [6.45, 7) is 3.97. The predicted molar refractivity (Wildman–Crippen MR) is 72.2 cm³/mol. The standard InChI is InChI=1S/C14H16ClNO2/c1-3-4-8(2)14(18)10-5-9-6-13(17)16-12(9)7-11(10)15/h5,7-8H,3-4,6H2,1-2H3,(H,16,17). The average Bonchev–Trinajstić information content (AvgIpc) is 2.66. The summed E-state index contributed by atoms with van der Waals surface area (Å²) in [4.78, 5) is 23.5. The summed E-state index contributed by atoms with van der Waals surface area (Å²) >= 11 is 6.12. The molecule has 0 fully saturated rings. The van der Waals surface area contributed by atoms with Crippen molar-refractivity contribution in [1.82, 2.24) is 0 Å². The molecule has 1 aromatic carbocycles. The van der Waals surface area contributed by atoms with Crippen LogP contribution in [-0.2, 0) is 11.2 Å². The van der Waals surface area contributed by atoms with Crippen molar-refractivity contribution in [3.63, 3.8) is 0 Å². The fourth-order valence-electron chi connectivity index (χ4n) is 2.27. The van der Waals surface area contributed by atoms with Crippen LogP contribution in [0.5, 0.6) is 0 Å². The molecule has 1 aliphatic rings. The Balaban J connectivity index is 2.32. The number of anilines is 1. The molecule has 18 heavy (non-hydrogen) atoms. The molecule has 0 aliphatic carbocycles. The Labute approximate surface area is 112 Å². The number of Topliss-reactive ketones (excluding diaryl/α,β-unsaturated/α-hetero) is 1. The lowest BCUT2D eigenvalue weighted by Gasteiger charge is -2.11. The van der Waals surface area contributed by atoms with E-state index in [1.54, 1.807) is 12.1 Å². The van der Waals surface area contributed by atoms with Gasteiger partial charge in [0.1, 0.15) is 0 Å². The van der Waals surface area contributed by atoms with Gasteiger partial charge in [-0.2, -0.15) is 0 Å². The van der Waals surface area contributed by atoms with Crippen LogP contribution in [-0.4, -0.2) is 11.7 Å². The van der Waals surface area contributed by atoms with E-state index in [0.717, 1.165) is 24.1 Å². The van der Waals surface area contributed by atoms with Crippen molar-refractivity contribution < 1.29 is 9.59 Å². The largest absolute Gasteiger partial charge is 0.325 e. The molecule has 3 nitrogen and oxygen atoms in total. The van der Waals surface area contributed by atoms with Crippen LogP contribution >= 0.6 is 11.6 Å². The van der Waals surface area contributed by atoms with Gasteiger partial charge in [-0.1, -0.05) is 31.9 Å². The van der Waals surface area contributed by atoms with Crippen molar-refractivity contribution in [2.24, 2.45) is 5.92 Å². The summed E-state index contributed by atoms with van der Waals surface area (Å²) in [5.74, 6) is -0.0214. The molecule has 1 aliphatic heterocycles. The highest BCUT2D eigenvalue weighted by Crippen LogP contribution is 2.31. The molecule has 1 amide bonds. The van der Waals surface area contributed by atoms with Gasteiger partial charge in [0.05, 0.1) is 11.4 Å². The quantitative estimate of drug-likeness (QED) is 0.848. The summed E-state index contributed by atoms with van der Waals surface area (Å²) in [7, 11) is 0. The highest BCUT2D eigenvalue weighted by Gasteiger charge is 2.23. The number of rotatable bonds is 4. The molecular weight excluding hydrogens is 250 g/mol. The maximum Gasteiger partial charge on any atom is 0.228 e. The Kier molecular flexibility index (Phi) is 3.71. The number of amides is 1. The van der Waals surface area contributed by atoms with Crippen molar-refractivity contribution in [3.8, 4) is 0 Å². The fourth-order valence-corrected chi connectivity index (χ4v) is 2.52. The van der Waals surface area contributed by atoms with Gasteiger partial charge in [0.15, 0.2) is 5.78 Å². The van der Waals surface area contributed by atoms with Gasteiger partial charge >= 0.3 is 0 Å². The Morgan fingerprint density at radius 1 is 1.50 bits per heavy atom. The van der Waals surface area contributed by atoms with Gasteiger partial charge in [-0.05, 0) is 24.1 Å². The minimum absolute atomic E-state index is 0.0318. The molecule has 0 saturated heterocycles. The van der Waals surface area contributed by atoms with Gasteiger partial charge in [-0.3, -0.25) is 9.59 Å². The molecule has 96 valence electrons. The second kappa shape index (κ2) is 5.11. The van der Waals surface area contributed by atoms with Gasteiger partial charge in [0.2, 0.25) is 5.91 Å². The summed E-state index contributed by atoms with van der Waals surface area (Å²) in [6.07, 6.45) is 2.15. The number of ketones is 1. The molecule has 0 bridgehead atoms. The first-order chi connectivity index (χ1) is 8.52. The zero-order chi connectivity index (χ0) is 13.3. The van der Waals surface area contributed by atoms with Crippen LogP contribution in [0.1, 0.15) is 42.6 Å². The van der Waals surface area contributed by atoms with E-state index in [2.05, 4.69) is 12.2 Å². The van der Waals surface area contributed by atoms with Crippen molar-refractivity contribution in [2.45, 2.75) is 33.1 Å². The lowest BCUT2D eigenvalue weighted by molar-refractivity contribution is -0.115. The third kappa shape index (κ3) is 2.41. The fraction of sp³-hybridized carbons (Fsp3) is 0.429. The summed E-state index contributed by atoms with van der Waals surface area (Å²) in [5.41, 5.74) is 2.12. The smallest absolute Gasteiger partial charge is 0.228 e. The molecule has 1 unspecified atom stereocenters. The van der Waals surface area contributed by atoms with E-state index < -0.39 is 0 Å². The SMILES string of the molecule is CCCC(C)C(=O)c1cc2c(cc1Cl)NC(=O)C2. The highest BCUT2D eigenvalue weighted by molar-refractivity contribution is 6.34. The Bertz CT molecular complexity index is 511. The molecule has 0 saturated carbocycles. The van der Waals surface area contributed by atoms with E-state index in [1.807, 2.05) is 6.92 Å². The molecule has 0 radical (unpaired) electrons. The number of carbonyl (C=O) groups excluding carboxylic acids is 2. The molecule has 0 spiro atoms. The van der Waals surface area contributed by atoms with Crippen molar-refractivity contribution >= 4 is 29.0 Å². The molecular formula is C14H16ClNO2. The monoisotopic (exact) mass is 265 g/mol. The van der Waals surface area contributed by atoms with Crippen molar-refractivity contribution in [2.75, 3.05) is 5.32 Å². The van der Waals surface area contributed by atoms with Crippen LogP contribution in [0.25, 0.3) is 0 Å². The number of hydrogen-bond acceptors (Lipinski definition) is 2. The Hall–Kier alpha value is -1.35. The second-order valence-electron chi connectivity index (χ2n) is 4.77. The highest BCUT2D eigenvalue weighted by atomic mass is 35.5. The lowest BCUT2D eigenvalue weighted by Crippen LogP contribution is -2.12. The first kappa shape index (κ1) is 13.1. The van der Waals surface area contributed by atoms with Crippen LogP contribution in [0.15, 0.2) is 12.1 Å². The summed E-state index contributed by atoms with van der Waals surface area (Å²) in [5, 5.41) is 3.14. The van der Waals surface area contributed by atoms with Gasteiger partial charge in [0, 0.05) is 17.2 Å². The number of nitrogens with one attached hydrogen (secondary N) is 1. The van der Waals surface area contributed by atoms with Crippen LogP contribution in [0.3, 0.4) is 0 Å². The topological polar surface area (TPSA) is 46.2 Å². The van der Waals surface area contributed by atoms with Crippen LogP contribution in [0.2, 0.25) is 5.02 Å². The third-order valence-corrected chi connectivity index (χ3v) is 3.57. The number of carbonyl (C=O) groups is 2. The number of fused-ring (bicyclic) bond motifs is 1. The minimum Gasteiger partial charge on any atom is -0.325 e. The van der Waals surface area contributed by atoms with Gasteiger partial charge in [-0.25, -0.2) is 0 Å². The molecule has 0 aromatic heterocycles. The maximum absolute atomic E-state index is 12.2. The predicted octanol–water partition coefficient (Wildman–Crippen LogP) is 3.45. The van der Waals surface area contributed by atoms with E-state index in [-0.39, 0.29) is 17.6 Å². The van der Waals surface area contributed by atoms with Crippen LogP contribution in [0.4, 0.5) is 5.69 Å². The average molecular weight is 266 g/mol. The summed E-state index contributed by atoms with van der Waals surface area (Å²) in [6, 6.07) is 3.43. The molecule has 1 atom stereocenters. The number of halogens is 1. The number of benzene rings is 1. The van der Waals surface area contributed by atoms with Crippen molar-refractivity contribution in [1.29, 1.82) is 0 Å². The minimum atomic E-state index is -0.0488. The molecule has 1 aromatic rings. The van der Waals surface area contributed by atoms with E-state index in [9.17, 15) is 9.59 Å². The first-order valence-corrected chi connectivity index (χ1v) is 6.57. The van der Waals surface area contributed by atoms with Crippen LogP contribution < -0.4 is 5.32 Å². The molecule has 1 N–H and O–H groups in total. The Morgan fingerprint density at radius 2 is 2.22 bits per heavy atom. The lowest BCUT2D eigenvalue weighted by atomic mass is 9.94. The second-order valence-corrected chi connectivity index (χ2v) is 5.18. The molecule has 1 heterocycles. The molecule has 2 rings (SSSR count). The summed E-state index contributed by atoms with van der Waals surface area (Å²) < 4.78 is 0. The van der Waals surface area contributed by atoms with Gasteiger partial charge in [0.25, 0.3) is 0 Å². The van der Waals surface area contributed by atoms with E-state index in [0.29, 0.717) is 17.0 Å². The van der Waals surface area contributed by atoms with E-state index in [4.69, 9.17) is 11.6 Å². The maximum atomic E-state index is 12.2. The van der Waals surface area contributed by atoms with Crippen molar-refractivity contribution in [3.05, 3.63) is 28.3 Å². The van der Waals surface area contributed by atoms with E-state index in [1.165, 1.54) is 0 Å². The van der Waals surface area contributed by atoms with Gasteiger partial charge in [-0.15, -0.1) is 0 Å². The zero-order valence-corrected chi connectivity index (χ0v) is 11.3. The zero-order valence-electron chi connectivity index (χ0n) is 10.5. The number of hydrogen-bond donors (Lipinski definition) is 1. The van der Waals surface area contributed by atoms with Gasteiger partial charge < -0.3 is 5.32 Å². The normalized spacial score (nSPS) is 15.2. The first-order valence-electron chi connectivity index (χ1n) is 6.19. The Morgan fingerprint density at radius 3 is 2.89 bits per heavy atom. The van der Waals surface area contributed by atoms with Crippen LogP contribution in [0, 0.1) is 5.92 Å². The molecule has 4 heteroatoms. The third-order valence-electron chi connectivity index (χ3n) is 3.25.